The van der Waals surface area contributed by atoms with Gasteiger partial charge in [-0.3, -0.25) is 4.90 Å². The molecule has 0 N–H and O–H groups in total. The number of hydrogen-bond donors (Lipinski definition) is 0. The summed E-state index contributed by atoms with van der Waals surface area (Å²) >= 11 is 0. The molecule has 1 heterocycles. The molecule has 132 valence electrons. The molecule has 0 radical (unpaired) electrons. The molecule has 0 spiro atoms. The fourth-order valence-electron chi connectivity index (χ4n) is 2.23. The third-order valence-electron chi connectivity index (χ3n) is 3.95. The molecule has 0 bridgehead atoms. The number of hydrogen-bond acceptors (Lipinski definition) is 6. The molecular weight excluding hydrogens is 326 g/mol. The third-order valence-corrected chi connectivity index (χ3v) is 5.08. The van der Waals surface area contributed by atoms with E-state index in [-0.39, 0.29) is 11.5 Å². The van der Waals surface area contributed by atoms with E-state index < -0.39 is 9.84 Å². The number of rotatable bonds is 5. The van der Waals surface area contributed by atoms with Gasteiger partial charge < -0.3 is 4.52 Å². The molecule has 1 aromatic heterocycles. The zero-order valence-corrected chi connectivity index (χ0v) is 15.9. The fourth-order valence-corrected chi connectivity index (χ4v) is 2.86. The molecule has 7 heteroatoms. The summed E-state index contributed by atoms with van der Waals surface area (Å²) in [5, 5.41) is 4.04. The van der Waals surface area contributed by atoms with Crippen LogP contribution in [0, 0.1) is 0 Å². The molecule has 0 saturated heterocycles. The van der Waals surface area contributed by atoms with Crippen LogP contribution in [-0.4, -0.2) is 36.8 Å². The maximum atomic E-state index is 11.5. The van der Waals surface area contributed by atoms with Gasteiger partial charge in [0.1, 0.15) is 0 Å². The van der Waals surface area contributed by atoms with Crippen LogP contribution in [0.3, 0.4) is 0 Å². The lowest BCUT2D eigenvalue weighted by atomic mass is 9.97. The number of aromatic nitrogens is 2. The topological polar surface area (TPSA) is 76.3 Å². The number of nitrogens with zero attached hydrogens (tertiary/aromatic N) is 3. The molecule has 2 aromatic rings. The van der Waals surface area contributed by atoms with E-state index in [0.29, 0.717) is 23.2 Å². The Morgan fingerprint density at radius 1 is 1.21 bits per heavy atom. The first kappa shape index (κ1) is 18.6. The van der Waals surface area contributed by atoms with E-state index in [1.165, 1.54) is 6.26 Å². The Kier molecular flexibility index (Phi) is 5.15. The maximum absolute atomic E-state index is 11.5. The molecule has 0 aliphatic carbocycles. The first-order valence-electron chi connectivity index (χ1n) is 7.82. The van der Waals surface area contributed by atoms with E-state index >= 15 is 0 Å². The first-order valence-corrected chi connectivity index (χ1v) is 9.71. The number of sulfone groups is 1. The van der Waals surface area contributed by atoms with Gasteiger partial charge in [0, 0.05) is 17.7 Å². The van der Waals surface area contributed by atoms with Crippen LogP contribution in [-0.2, 0) is 21.8 Å². The lowest BCUT2D eigenvalue weighted by molar-refractivity contribution is 0.241. The summed E-state index contributed by atoms with van der Waals surface area (Å²) in [5.41, 5.74) is 0.862. The largest absolute Gasteiger partial charge is 0.339 e. The third kappa shape index (κ3) is 4.42. The molecule has 0 fully saturated rings. The van der Waals surface area contributed by atoms with E-state index in [1.807, 2.05) is 40.0 Å². The molecular formula is C17H25N3O3S. The second-order valence-electron chi connectivity index (χ2n) is 7.20. The summed E-state index contributed by atoms with van der Waals surface area (Å²) < 4.78 is 28.4. The predicted octanol–water partition coefficient (Wildman–Crippen LogP) is 2.96. The van der Waals surface area contributed by atoms with E-state index in [9.17, 15) is 8.42 Å². The predicted molar refractivity (Wildman–Crippen MR) is 92.4 cm³/mol. The van der Waals surface area contributed by atoms with Crippen molar-refractivity contribution >= 4 is 9.84 Å². The summed E-state index contributed by atoms with van der Waals surface area (Å²) in [6.45, 7) is 8.69. The van der Waals surface area contributed by atoms with Gasteiger partial charge in [-0.1, -0.05) is 38.1 Å². The molecule has 2 rings (SSSR count). The highest BCUT2D eigenvalue weighted by molar-refractivity contribution is 7.90. The lowest BCUT2D eigenvalue weighted by Crippen LogP contribution is -2.22. The van der Waals surface area contributed by atoms with Crippen LogP contribution in [0.1, 0.15) is 51.0 Å². The van der Waals surface area contributed by atoms with Gasteiger partial charge in [0.25, 0.3) is 0 Å². The van der Waals surface area contributed by atoms with Crippen LogP contribution in [0.2, 0.25) is 0 Å². The SMILES string of the molecule is C[C@@H](c1ccc(S(C)(=O)=O)cc1)N(C)Cc1noc(C(C)(C)C)n1. The Morgan fingerprint density at radius 2 is 1.79 bits per heavy atom. The maximum Gasteiger partial charge on any atom is 0.232 e. The second kappa shape index (κ2) is 6.64. The van der Waals surface area contributed by atoms with Crippen molar-refractivity contribution in [2.45, 2.75) is 50.6 Å². The van der Waals surface area contributed by atoms with Crippen LogP contribution < -0.4 is 0 Å². The molecule has 6 nitrogen and oxygen atoms in total. The molecule has 1 atom stereocenters. The average molecular weight is 351 g/mol. The zero-order chi connectivity index (χ0) is 18.1. The van der Waals surface area contributed by atoms with Crippen LogP contribution in [0.25, 0.3) is 0 Å². The second-order valence-corrected chi connectivity index (χ2v) is 9.21. The van der Waals surface area contributed by atoms with Crippen molar-refractivity contribution in [1.29, 1.82) is 0 Å². The van der Waals surface area contributed by atoms with Gasteiger partial charge >= 0.3 is 0 Å². The Hall–Kier alpha value is -1.73. The monoisotopic (exact) mass is 351 g/mol. The van der Waals surface area contributed by atoms with Crippen LogP contribution in [0.15, 0.2) is 33.7 Å². The highest BCUT2D eigenvalue weighted by atomic mass is 32.2. The van der Waals surface area contributed by atoms with Gasteiger partial charge in [0.2, 0.25) is 5.89 Å². The molecule has 0 aliphatic heterocycles. The van der Waals surface area contributed by atoms with Crippen molar-refractivity contribution < 1.29 is 12.9 Å². The molecule has 0 aliphatic rings. The van der Waals surface area contributed by atoms with Gasteiger partial charge in [0.15, 0.2) is 15.7 Å². The van der Waals surface area contributed by atoms with Crippen molar-refractivity contribution in [3.8, 4) is 0 Å². The molecule has 1 aromatic carbocycles. The Bertz CT molecular complexity index is 789. The summed E-state index contributed by atoms with van der Waals surface area (Å²) in [7, 11) is -1.20. The minimum absolute atomic E-state index is 0.0928. The van der Waals surface area contributed by atoms with E-state index in [4.69, 9.17) is 4.52 Å². The van der Waals surface area contributed by atoms with Crippen LogP contribution in [0.4, 0.5) is 0 Å². The molecule has 0 saturated carbocycles. The summed E-state index contributed by atoms with van der Waals surface area (Å²) in [6, 6.07) is 7.06. The van der Waals surface area contributed by atoms with Crippen molar-refractivity contribution in [1.82, 2.24) is 15.0 Å². The normalized spacial score (nSPS) is 14.1. The van der Waals surface area contributed by atoms with Crippen molar-refractivity contribution in [3.05, 3.63) is 41.5 Å². The Labute approximate surface area is 143 Å². The molecule has 0 unspecified atom stereocenters. The summed E-state index contributed by atoms with van der Waals surface area (Å²) in [5.74, 6) is 1.26. The van der Waals surface area contributed by atoms with Gasteiger partial charge in [-0.2, -0.15) is 4.98 Å². The van der Waals surface area contributed by atoms with Crippen molar-refractivity contribution in [3.63, 3.8) is 0 Å². The highest BCUT2D eigenvalue weighted by Crippen LogP contribution is 2.23. The minimum Gasteiger partial charge on any atom is -0.339 e. The van der Waals surface area contributed by atoms with E-state index in [0.717, 1.165) is 5.56 Å². The van der Waals surface area contributed by atoms with Crippen molar-refractivity contribution in [2.24, 2.45) is 0 Å². The van der Waals surface area contributed by atoms with Gasteiger partial charge in [-0.25, -0.2) is 8.42 Å². The Morgan fingerprint density at radius 3 is 2.25 bits per heavy atom. The van der Waals surface area contributed by atoms with Crippen LogP contribution in [0.5, 0.6) is 0 Å². The lowest BCUT2D eigenvalue weighted by Gasteiger charge is -2.23. The molecule has 0 amide bonds. The van der Waals surface area contributed by atoms with Gasteiger partial charge in [0.05, 0.1) is 11.4 Å². The Balaban J connectivity index is 2.09. The average Bonchev–Trinajstić information content (AvgIpc) is 2.94. The van der Waals surface area contributed by atoms with E-state index in [2.05, 4.69) is 22.0 Å². The van der Waals surface area contributed by atoms with Gasteiger partial charge in [-0.05, 0) is 31.7 Å². The first-order chi connectivity index (χ1) is 11.0. The number of benzene rings is 1. The van der Waals surface area contributed by atoms with Crippen LogP contribution >= 0.6 is 0 Å². The minimum atomic E-state index is -3.17. The standard InChI is InChI=1S/C17H25N3O3S/c1-12(13-7-9-14(10-8-13)24(6,21)22)20(5)11-15-18-16(23-19-15)17(2,3)4/h7-10,12H,11H2,1-6H3/t12-/m0/s1. The fraction of sp³-hybridized carbons (Fsp3) is 0.529. The quantitative estimate of drug-likeness (QED) is 0.824. The van der Waals surface area contributed by atoms with Gasteiger partial charge in [-0.15, -0.1) is 0 Å². The smallest absolute Gasteiger partial charge is 0.232 e. The van der Waals surface area contributed by atoms with Crippen molar-refractivity contribution in [2.75, 3.05) is 13.3 Å². The zero-order valence-electron chi connectivity index (χ0n) is 15.1. The van der Waals surface area contributed by atoms with E-state index in [1.54, 1.807) is 12.1 Å². The summed E-state index contributed by atoms with van der Waals surface area (Å²) in [6.07, 6.45) is 1.21. The molecule has 24 heavy (non-hydrogen) atoms. The summed E-state index contributed by atoms with van der Waals surface area (Å²) in [4.78, 5) is 6.86. The highest BCUT2D eigenvalue weighted by Gasteiger charge is 2.23.